The van der Waals surface area contributed by atoms with Crippen molar-refractivity contribution in [3.05, 3.63) is 54.0 Å². The molecule has 4 rings (SSSR count). The number of hydrogen-bond acceptors (Lipinski definition) is 6. The van der Waals surface area contributed by atoms with Crippen molar-refractivity contribution in [2.45, 2.75) is 37.3 Å². The van der Waals surface area contributed by atoms with Crippen LogP contribution in [-0.2, 0) is 21.2 Å². The molecule has 9 nitrogen and oxygen atoms in total. The molecule has 1 fully saturated rings. The largest absolute Gasteiger partial charge is 0.491 e. The molecule has 34 heavy (non-hydrogen) atoms. The molecule has 2 atom stereocenters. The minimum Gasteiger partial charge on any atom is -0.491 e. The third-order valence-corrected chi connectivity index (χ3v) is 7.57. The number of sulfonamides is 1. The van der Waals surface area contributed by atoms with Crippen molar-refractivity contribution in [3.63, 3.8) is 0 Å². The van der Waals surface area contributed by atoms with Gasteiger partial charge in [0.25, 0.3) is 0 Å². The van der Waals surface area contributed by atoms with Crippen LogP contribution in [0.2, 0.25) is 0 Å². The van der Waals surface area contributed by atoms with Crippen molar-refractivity contribution in [2.75, 3.05) is 13.1 Å². The Labute approximate surface area is 196 Å². The Kier molecular flexibility index (Phi) is 6.41. The summed E-state index contributed by atoms with van der Waals surface area (Å²) in [5.41, 5.74) is 0.621. The first-order valence-electron chi connectivity index (χ1n) is 10.8. The van der Waals surface area contributed by atoms with Crippen LogP contribution in [0.1, 0.15) is 25.6 Å². The van der Waals surface area contributed by atoms with Gasteiger partial charge in [0.05, 0.1) is 34.7 Å². The Bertz CT molecular complexity index is 1340. The van der Waals surface area contributed by atoms with E-state index in [0.29, 0.717) is 16.7 Å². The maximum absolute atomic E-state index is 14.0. The highest BCUT2D eigenvalue weighted by molar-refractivity contribution is 7.89. The van der Waals surface area contributed by atoms with Gasteiger partial charge >= 0.3 is 5.97 Å². The molecule has 11 heteroatoms. The Morgan fingerprint density at radius 1 is 1.26 bits per heavy atom. The van der Waals surface area contributed by atoms with Crippen LogP contribution >= 0.6 is 0 Å². The number of nitrogens with zero attached hydrogens (tertiary/aromatic N) is 3. The van der Waals surface area contributed by atoms with Crippen LogP contribution in [0.5, 0.6) is 5.75 Å². The minimum absolute atomic E-state index is 0.00638. The first-order chi connectivity index (χ1) is 16.1. The quantitative estimate of drug-likeness (QED) is 0.470. The number of fused-ring (bicyclic) bond motifs is 1. The zero-order valence-electron chi connectivity index (χ0n) is 18.7. The monoisotopic (exact) mass is 488 g/mol. The lowest BCUT2D eigenvalue weighted by atomic mass is 10.1. The van der Waals surface area contributed by atoms with Crippen molar-refractivity contribution in [2.24, 2.45) is 5.92 Å². The predicted octanol–water partition coefficient (Wildman–Crippen LogP) is 3.10. The molecule has 0 spiro atoms. The van der Waals surface area contributed by atoms with Gasteiger partial charge in [0.2, 0.25) is 10.0 Å². The van der Waals surface area contributed by atoms with Crippen LogP contribution in [-0.4, -0.2) is 59.0 Å². The SMILES string of the molecule is CC(C)Oc1ccc(S(=O)(=O)N2C[C@@H](C=N)[C@@H](n3nc(CC(=O)O)c4ccc(F)cc43)C2)cc1. The van der Waals surface area contributed by atoms with Crippen molar-refractivity contribution >= 4 is 33.1 Å². The van der Waals surface area contributed by atoms with E-state index in [0.717, 1.165) is 6.21 Å². The molecule has 2 heterocycles. The second kappa shape index (κ2) is 9.15. The second-order valence-electron chi connectivity index (χ2n) is 8.48. The molecule has 3 aromatic rings. The number of hydrogen-bond donors (Lipinski definition) is 2. The van der Waals surface area contributed by atoms with Gasteiger partial charge in [0.1, 0.15) is 11.6 Å². The Morgan fingerprint density at radius 2 is 1.97 bits per heavy atom. The van der Waals surface area contributed by atoms with Gasteiger partial charge in [0.15, 0.2) is 0 Å². The molecule has 2 aromatic carbocycles. The maximum atomic E-state index is 14.0. The van der Waals surface area contributed by atoms with E-state index in [1.807, 2.05) is 13.8 Å². The lowest BCUT2D eigenvalue weighted by molar-refractivity contribution is -0.136. The predicted molar refractivity (Wildman–Crippen MR) is 123 cm³/mol. The molecule has 0 unspecified atom stereocenters. The van der Waals surface area contributed by atoms with Gasteiger partial charge in [-0.3, -0.25) is 9.48 Å². The third kappa shape index (κ3) is 4.53. The van der Waals surface area contributed by atoms with E-state index >= 15 is 0 Å². The molecule has 1 aromatic heterocycles. The summed E-state index contributed by atoms with van der Waals surface area (Å²) in [5.74, 6) is -1.57. The number of carbonyl (C=O) groups is 1. The van der Waals surface area contributed by atoms with Crippen molar-refractivity contribution in [3.8, 4) is 5.75 Å². The number of ether oxygens (including phenoxy) is 1. The summed E-state index contributed by atoms with van der Waals surface area (Å²) in [6, 6.07) is 9.49. The Morgan fingerprint density at radius 3 is 2.59 bits per heavy atom. The molecule has 0 saturated carbocycles. The van der Waals surface area contributed by atoms with Crippen LogP contribution in [0.3, 0.4) is 0 Å². The summed E-state index contributed by atoms with van der Waals surface area (Å²) in [6.07, 6.45) is 0.753. The summed E-state index contributed by atoms with van der Waals surface area (Å²) < 4.78 is 49.0. The standard InChI is InChI=1S/C23H25FN4O5S/c1-14(2)33-17-4-6-18(7-5-17)34(31,32)27-12-15(11-25)22(13-27)28-21-9-16(24)3-8-19(21)20(26-28)10-23(29)30/h3-9,11,14-15,22,25H,10,12-13H2,1-2H3,(H,29,30)/t15-,22+/m1/s1. The Balaban J connectivity index is 1.68. The van der Waals surface area contributed by atoms with Gasteiger partial charge in [-0.25, -0.2) is 12.8 Å². The van der Waals surface area contributed by atoms with Crippen molar-refractivity contribution < 1.29 is 27.4 Å². The molecule has 180 valence electrons. The summed E-state index contributed by atoms with van der Waals surface area (Å²) in [4.78, 5) is 11.4. The number of carboxylic acid groups (broad SMARTS) is 1. The molecule has 1 aliphatic heterocycles. The molecule has 0 aliphatic carbocycles. The van der Waals surface area contributed by atoms with Gasteiger partial charge in [-0.2, -0.15) is 9.40 Å². The molecule has 0 radical (unpaired) electrons. The van der Waals surface area contributed by atoms with Gasteiger partial charge < -0.3 is 15.3 Å². The van der Waals surface area contributed by atoms with E-state index in [-0.39, 0.29) is 36.2 Å². The molecular weight excluding hydrogens is 463 g/mol. The number of rotatable bonds is 8. The van der Waals surface area contributed by atoms with Crippen LogP contribution in [0, 0.1) is 17.1 Å². The number of carboxylic acids is 1. The summed E-state index contributed by atoms with van der Waals surface area (Å²) in [5, 5.41) is 22.0. The van der Waals surface area contributed by atoms with E-state index in [9.17, 15) is 22.7 Å². The fourth-order valence-electron chi connectivity index (χ4n) is 4.21. The van der Waals surface area contributed by atoms with Crippen molar-refractivity contribution in [1.82, 2.24) is 14.1 Å². The molecular formula is C23H25FN4O5S. The van der Waals surface area contributed by atoms with E-state index in [1.165, 1.54) is 39.3 Å². The van der Waals surface area contributed by atoms with E-state index in [1.54, 1.807) is 12.1 Å². The number of aromatic nitrogens is 2. The second-order valence-corrected chi connectivity index (χ2v) is 10.4. The van der Waals surface area contributed by atoms with E-state index in [2.05, 4.69) is 5.10 Å². The molecule has 2 N–H and O–H groups in total. The normalized spacial score (nSPS) is 19.1. The average molecular weight is 489 g/mol. The van der Waals surface area contributed by atoms with Gasteiger partial charge in [0, 0.05) is 30.6 Å². The fraction of sp³-hybridized carbons (Fsp3) is 0.348. The first kappa shape index (κ1) is 23.8. The average Bonchev–Trinajstić information content (AvgIpc) is 3.35. The van der Waals surface area contributed by atoms with Crippen molar-refractivity contribution in [1.29, 1.82) is 5.41 Å². The number of nitrogens with one attached hydrogen (secondary N) is 1. The molecule has 0 bridgehead atoms. The van der Waals surface area contributed by atoms with Gasteiger partial charge in [-0.05, 0) is 56.3 Å². The maximum Gasteiger partial charge on any atom is 0.309 e. The zero-order chi connectivity index (χ0) is 24.6. The van der Waals surface area contributed by atoms with Gasteiger partial charge in [-0.1, -0.05) is 0 Å². The topological polar surface area (TPSA) is 126 Å². The highest BCUT2D eigenvalue weighted by Crippen LogP contribution is 2.34. The molecule has 0 amide bonds. The van der Waals surface area contributed by atoms with Gasteiger partial charge in [-0.15, -0.1) is 0 Å². The first-order valence-corrected chi connectivity index (χ1v) is 12.2. The number of benzene rings is 2. The fourth-order valence-corrected chi connectivity index (χ4v) is 5.70. The summed E-state index contributed by atoms with van der Waals surface area (Å²) >= 11 is 0. The highest BCUT2D eigenvalue weighted by Gasteiger charge is 2.40. The smallest absolute Gasteiger partial charge is 0.309 e. The zero-order valence-corrected chi connectivity index (χ0v) is 19.5. The lowest BCUT2D eigenvalue weighted by Gasteiger charge is -2.18. The molecule has 1 aliphatic rings. The summed E-state index contributed by atoms with van der Waals surface area (Å²) in [6.45, 7) is 3.80. The van der Waals surface area contributed by atoms with E-state index < -0.39 is 33.8 Å². The number of halogens is 1. The highest BCUT2D eigenvalue weighted by atomic mass is 32.2. The molecule has 1 saturated heterocycles. The lowest BCUT2D eigenvalue weighted by Crippen LogP contribution is -2.29. The van der Waals surface area contributed by atoms with Crippen LogP contribution in [0.25, 0.3) is 10.9 Å². The summed E-state index contributed by atoms with van der Waals surface area (Å²) in [7, 11) is -3.88. The van der Waals surface area contributed by atoms with Crippen LogP contribution < -0.4 is 4.74 Å². The minimum atomic E-state index is -3.88. The Hall–Kier alpha value is -3.31. The van der Waals surface area contributed by atoms with E-state index in [4.69, 9.17) is 10.1 Å². The third-order valence-electron chi connectivity index (χ3n) is 5.73. The number of aliphatic carboxylic acids is 1. The van der Waals surface area contributed by atoms with Crippen LogP contribution in [0.15, 0.2) is 47.4 Å². The van der Waals surface area contributed by atoms with Crippen LogP contribution in [0.4, 0.5) is 4.39 Å².